The van der Waals surface area contributed by atoms with Crippen LogP contribution in [0.2, 0.25) is 0 Å². The number of carbonyl (C=O) groups is 1. The second-order valence-electron chi connectivity index (χ2n) is 5.07. The molecule has 0 aliphatic carbocycles. The van der Waals surface area contributed by atoms with Gasteiger partial charge in [-0.1, -0.05) is 6.07 Å². The first-order chi connectivity index (χ1) is 12.7. The average molecular weight is 391 g/mol. The highest BCUT2D eigenvalue weighted by molar-refractivity contribution is 5.67. The van der Waals surface area contributed by atoms with E-state index < -0.39 is 23.9 Å². The van der Waals surface area contributed by atoms with E-state index in [1.807, 2.05) is 0 Å². The molecule has 13 heteroatoms. The Balaban J connectivity index is 2.12. The molecule has 1 aromatic carbocycles. The number of carbonyl (C=O) groups excluding carboxylic acids is 1. The Morgan fingerprint density at radius 2 is 2.04 bits per heavy atom. The van der Waals surface area contributed by atoms with Gasteiger partial charge in [0.15, 0.2) is 0 Å². The van der Waals surface area contributed by atoms with Gasteiger partial charge in [0.2, 0.25) is 0 Å². The van der Waals surface area contributed by atoms with E-state index in [9.17, 15) is 22.8 Å². The highest BCUT2D eigenvalue weighted by Gasteiger charge is 2.31. The maximum Gasteiger partial charge on any atom is 0.573 e. The highest BCUT2D eigenvalue weighted by atomic mass is 19.4. The van der Waals surface area contributed by atoms with Crippen molar-refractivity contribution in [2.24, 2.45) is 0 Å². The predicted octanol–water partition coefficient (Wildman–Crippen LogP) is 0.844. The van der Waals surface area contributed by atoms with Gasteiger partial charge >= 0.3 is 18.1 Å². The molecule has 0 N–H and O–H groups in total. The van der Waals surface area contributed by atoms with Gasteiger partial charge < -0.3 is 14.4 Å². The van der Waals surface area contributed by atoms with Crippen LogP contribution in [0, 0.1) is 0 Å². The molecule has 0 saturated carbocycles. The number of likely N-dealkylation sites (N-methyl/N-ethyl adjacent to an activating group) is 1. The minimum absolute atomic E-state index is 0.0613. The van der Waals surface area contributed by atoms with E-state index in [1.54, 1.807) is 6.92 Å². The molecule has 0 aliphatic heterocycles. The molecule has 27 heavy (non-hydrogen) atoms. The smallest absolute Gasteiger partial charge is 0.406 e. The molecule has 1 amide bonds. The van der Waals surface area contributed by atoms with Crippen LogP contribution >= 0.6 is 0 Å². The van der Waals surface area contributed by atoms with Crippen LogP contribution in [0.1, 0.15) is 6.92 Å². The second kappa shape index (κ2) is 8.53. The van der Waals surface area contributed by atoms with Crippen molar-refractivity contribution in [1.82, 2.24) is 24.9 Å². The molecule has 2 rings (SSSR count). The predicted molar refractivity (Wildman–Crippen MR) is 83.4 cm³/mol. The minimum Gasteiger partial charge on any atom is -0.406 e. The maximum absolute atomic E-state index is 12.3. The lowest BCUT2D eigenvalue weighted by atomic mass is 10.3. The molecule has 0 fully saturated rings. The van der Waals surface area contributed by atoms with Crippen LogP contribution < -0.4 is 15.3 Å². The van der Waals surface area contributed by atoms with Gasteiger partial charge in [-0.05, 0) is 34.3 Å². The number of hydrogen-bond acceptors (Lipinski definition) is 7. The summed E-state index contributed by atoms with van der Waals surface area (Å²) < 4.78 is 46.4. The van der Waals surface area contributed by atoms with Gasteiger partial charge in [-0.15, -0.1) is 13.2 Å². The Morgan fingerprint density at radius 3 is 2.70 bits per heavy atom. The van der Waals surface area contributed by atoms with Crippen molar-refractivity contribution in [3.05, 3.63) is 34.7 Å². The number of halogens is 3. The molecule has 0 unspecified atom stereocenters. The van der Waals surface area contributed by atoms with Gasteiger partial charge in [0.05, 0.1) is 12.3 Å². The Morgan fingerprint density at radius 1 is 1.30 bits per heavy atom. The van der Waals surface area contributed by atoms with E-state index in [4.69, 9.17) is 9.57 Å². The van der Waals surface area contributed by atoms with Crippen molar-refractivity contribution in [3.63, 3.8) is 0 Å². The standard InChI is InChI=1S/C14H16F3N5O5/c1-3-25-8-7-20(2)13(24)27-22-12(23)21(18-19-22)10-5-4-6-11(9-10)26-14(15,16)17/h4-6,9H,3,7-8H2,1-2H3. The third kappa shape index (κ3) is 5.70. The number of alkyl halides is 3. The summed E-state index contributed by atoms with van der Waals surface area (Å²) in [6.07, 6.45) is -5.78. The molecule has 2 aromatic rings. The summed E-state index contributed by atoms with van der Waals surface area (Å²) in [5.74, 6) is -0.547. The zero-order valence-electron chi connectivity index (χ0n) is 14.3. The molecule has 148 valence electrons. The lowest BCUT2D eigenvalue weighted by Gasteiger charge is -2.14. The molecular weight excluding hydrogens is 375 g/mol. The molecule has 0 spiro atoms. The van der Waals surface area contributed by atoms with E-state index in [0.29, 0.717) is 16.1 Å². The number of tetrazole rings is 1. The summed E-state index contributed by atoms with van der Waals surface area (Å²) in [4.78, 5) is 30.3. The summed E-state index contributed by atoms with van der Waals surface area (Å²) >= 11 is 0. The number of hydrogen-bond donors (Lipinski definition) is 0. The number of rotatable bonds is 7. The van der Waals surface area contributed by atoms with Crippen molar-refractivity contribution in [2.75, 3.05) is 26.8 Å². The third-order valence-electron chi connectivity index (χ3n) is 3.10. The van der Waals surface area contributed by atoms with Crippen molar-refractivity contribution >= 4 is 6.09 Å². The Kier molecular flexibility index (Phi) is 6.39. The van der Waals surface area contributed by atoms with Crippen molar-refractivity contribution in [2.45, 2.75) is 13.3 Å². The largest absolute Gasteiger partial charge is 0.573 e. The summed E-state index contributed by atoms with van der Waals surface area (Å²) in [5, 5.41) is 6.84. The fourth-order valence-electron chi connectivity index (χ4n) is 1.85. The van der Waals surface area contributed by atoms with E-state index >= 15 is 0 Å². The molecule has 0 aliphatic rings. The van der Waals surface area contributed by atoms with Gasteiger partial charge in [-0.25, -0.2) is 9.59 Å². The first-order valence-electron chi connectivity index (χ1n) is 7.63. The molecule has 0 atom stereocenters. The number of amides is 1. The maximum atomic E-state index is 12.3. The Labute approximate surface area is 150 Å². The number of ether oxygens (including phenoxy) is 2. The number of nitrogens with zero attached hydrogens (tertiary/aromatic N) is 5. The van der Waals surface area contributed by atoms with Crippen molar-refractivity contribution in [3.8, 4) is 11.4 Å². The number of benzene rings is 1. The normalized spacial score (nSPS) is 11.3. The van der Waals surface area contributed by atoms with Crippen LogP contribution in [0.3, 0.4) is 0 Å². The first-order valence-corrected chi connectivity index (χ1v) is 7.63. The van der Waals surface area contributed by atoms with Gasteiger partial charge in [0.1, 0.15) is 5.75 Å². The summed E-state index contributed by atoms with van der Waals surface area (Å²) in [6, 6.07) is 4.53. The van der Waals surface area contributed by atoms with E-state index in [0.717, 1.165) is 17.0 Å². The van der Waals surface area contributed by atoms with Crippen molar-refractivity contribution < 1.29 is 32.3 Å². The van der Waals surface area contributed by atoms with Gasteiger partial charge in [-0.2, -0.15) is 4.68 Å². The minimum atomic E-state index is -4.89. The average Bonchev–Trinajstić information content (AvgIpc) is 2.94. The van der Waals surface area contributed by atoms with E-state index in [1.165, 1.54) is 19.2 Å². The van der Waals surface area contributed by atoms with Crippen LogP contribution in [0.4, 0.5) is 18.0 Å². The Hall–Kier alpha value is -3.09. The third-order valence-corrected chi connectivity index (χ3v) is 3.10. The first kappa shape index (κ1) is 20.2. The van der Waals surface area contributed by atoms with Crippen molar-refractivity contribution in [1.29, 1.82) is 0 Å². The van der Waals surface area contributed by atoms with Gasteiger partial charge in [0, 0.05) is 26.3 Å². The van der Waals surface area contributed by atoms with Gasteiger partial charge in [-0.3, -0.25) is 4.84 Å². The molecular formula is C14H16F3N5O5. The fourth-order valence-corrected chi connectivity index (χ4v) is 1.85. The summed E-state index contributed by atoms with van der Waals surface area (Å²) in [6.45, 7) is 2.76. The van der Waals surface area contributed by atoms with Crippen LogP contribution in [0.25, 0.3) is 5.69 Å². The summed E-state index contributed by atoms with van der Waals surface area (Å²) in [5.41, 5.74) is -1.06. The molecule has 0 saturated heterocycles. The van der Waals surface area contributed by atoms with Crippen LogP contribution in [-0.4, -0.2) is 64.1 Å². The highest BCUT2D eigenvalue weighted by Crippen LogP contribution is 2.23. The van der Waals surface area contributed by atoms with E-state index in [-0.39, 0.29) is 18.8 Å². The molecule has 1 heterocycles. The molecule has 0 radical (unpaired) electrons. The number of aromatic nitrogens is 4. The lowest BCUT2D eigenvalue weighted by molar-refractivity contribution is -0.274. The molecule has 10 nitrogen and oxygen atoms in total. The zero-order chi connectivity index (χ0) is 20.0. The van der Waals surface area contributed by atoms with Gasteiger partial charge in [0.25, 0.3) is 0 Å². The lowest BCUT2D eigenvalue weighted by Crippen LogP contribution is -2.40. The molecule has 1 aromatic heterocycles. The quantitative estimate of drug-likeness (QED) is 0.509. The van der Waals surface area contributed by atoms with Crippen LogP contribution in [0.15, 0.2) is 29.1 Å². The molecule has 0 bridgehead atoms. The second-order valence-corrected chi connectivity index (χ2v) is 5.07. The monoisotopic (exact) mass is 391 g/mol. The summed E-state index contributed by atoms with van der Waals surface area (Å²) in [7, 11) is 1.43. The van der Waals surface area contributed by atoms with E-state index in [2.05, 4.69) is 15.2 Å². The van der Waals surface area contributed by atoms with Crippen LogP contribution in [-0.2, 0) is 4.74 Å². The SMILES string of the molecule is CCOCCN(C)C(=O)On1nnn(-c2cccc(OC(F)(F)F)c2)c1=O. The zero-order valence-corrected chi connectivity index (χ0v) is 14.3. The fraction of sp³-hybridized carbons (Fsp3) is 0.429. The Bertz CT molecular complexity index is 835. The topological polar surface area (TPSA) is 101 Å². The van der Waals surface area contributed by atoms with Crippen LogP contribution in [0.5, 0.6) is 5.75 Å².